The number of nitrogens with zero attached hydrogens (tertiary/aromatic N) is 2. The molecule has 1 aromatic heterocycles. The van der Waals surface area contributed by atoms with Gasteiger partial charge in [-0.25, -0.2) is 4.68 Å². The molecule has 2 aliphatic rings. The number of rotatable bonds is 3. The maximum Gasteiger partial charge on any atom is 0.228 e. The Labute approximate surface area is 113 Å². The van der Waals surface area contributed by atoms with Crippen molar-refractivity contribution in [1.29, 1.82) is 0 Å². The molecule has 1 amide bonds. The maximum atomic E-state index is 12.3. The number of hydrogen-bond acceptors (Lipinski definition) is 3. The molecule has 3 rings (SSSR count). The molecule has 1 aromatic rings. The fourth-order valence-electron chi connectivity index (χ4n) is 3.17. The van der Waals surface area contributed by atoms with Gasteiger partial charge < -0.3 is 10.6 Å². The summed E-state index contributed by atoms with van der Waals surface area (Å²) in [5, 5.41) is 10.7. The van der Waals surface area contributed by atoms with Crippen molar-refractivity contribution < 1.29 is 4.79 Å². The molecule has 0 atom stereocenters. The minimum absolute atomic E-state index is 0.146. The Morgan fingerprint density at radius 3 is 2.74 bits per heavy atom. The number of piperidine rings is 1. The highest BCUT2D eigenvalue weighted by molar-refractivity contribution is 5.91. The summed E-state index contributed by atoms with van der Waals surface area (Å²) >= 11 is 0. The molecular formula is C14H22N4O. The minimum atomic E-state index is 0.146. The summed E-state index contributed by atoms with van der Waals surface area (Å²) in [5.41, 5.74) is 0. The Morgan fingerprint density at radius 1 is 1.26 bits per heavy atom. The van der Waals surface area contributed by atoms with E-state index in [-0.39, 0.29) is 11.8 Å². The monoisotopic (exact) mass is 262 g/mol. The third-order valence-electron chi connectivity index (χ3n) is 4.30. The number of aromatic nitrogens is 2. The second kappa shape index (κ2) is 5.74. The molecular weight excluding hydrogens is 240 g/mol. The Morgan fingerprint density at radius 2 is 2.00 bits per heavy atom. The molecule has 0 unspecified atom stereocenters. The molecule has 2 heterocycles. The van der Waals surface area contributed by atoms with Gasteiger partial charge in [-0.15, -0.1) is 0 Å². The minimum Gasteiger partial charge on any atom is -0.317 e. The average Bonchev–Trinajstić information content (AvgIpc) is 3.10. The second-order valence-corrected chi connectivity index (χ2v) is 5.61. The molecule has 1 saturated carbocycles. The highest BCUT2D eigenvalue weighted by Crippen LogP contribution is 2.31. The van der Waals surface area contributed by atoms with Crippen LogP contribution in [0, 0.1) is 5.92 Å². The molecule has 2 fully saturated rings. The van der Waals surface area contributed by atoms with Gasteiger partial charge in [0.15, 0.2) is 0 Å². The van der Waals surface area contributed by atoms with E-state index in [0.29, 0.717) is 6.04 Å². The molecule has 0 radical (unpaired) electrons. The van der Waals surface area contributed by atoms with Crippen LogP contribution in [0.15, 0.2) is 12.3 Å². The van der Waals surface area contributed by atoms with E-state index in [1.165, 1.54) is 25.7 Å². The van der Waals surface area contributed by atoms with E-state index >= 15 is 0 Å². The van der Waals surface area contributed by atoms with Crippen LogP contribution in [0.2, 0.25) is 0 Å². The lowest BCUT2D eigenvalue weighted by atomic mass is 9.97. The Balaban J connectivity index is 1.65. The van der Waals surface area contributed by atoms with Gasteiger partial charge in [0.05, 0.1) is 12.2 Å². The van der Waals surface area contributed by atoms with Gasteiger partial charge in [-0.1, -0.05) is 12.8 Å². The summed E-state index contributed by atoms with van der Waals surface area (Å²) in [6.07, 6.45) is 8.55. The summed E-state index contributed by atoms with van der Waals surface area (Å²) < 4.78 is 2.01. The van der Waals surface area contributed by atoms with Gasteiger partial charge >= 0.3 is 0 Å². The number of amides is 1. The summed E-state index contributed by atoms with van der Waals surface area (Å²) in [5.74, 6) is 1.17. The number of nitrogens with one attached hydrogen (secondary N) is 2. The third-order valence-corrected chi connectivity index (χ3v) is 4.30. The largest absolute Gasteiger partial charge is 0.317 e. The van der Waals surface area contributed by atoms with Crippen LogP contribution in [-0.2, 0) is 4.79 Å². The highest BCUT2D eigenvalue weighted by atomic mass is 16.2. The fourth-order valence-corrected chi connectivity index (χ4v) is 3.17. The fraction of sp³-hybridized carbons (Fsp3) is 0.714. The van der Waals surface area contributed by atoms with Crippen LogP contribution in [0.25, 0.3) is 0 Å². The van der Waals surface area contributed by atoms with E-state index < -0.39 is 0 Å². The zero-order valence-electron chi connectivity index (χ0n) is 11.3. The molecule has 2 N–H and O–H groups in total. The first kappa shape index (κ1) is 12.7. The third kappa shape index (κ3) is 2.81. The normalized spacial score (nSPS) is 21.7. The van der Waals surface area contributed by atoms with E-state index in [0.717, 1.165) is 31.7 Å². The lowest BCUT2D eigenvalue weighted by Gasteiger charge is -2.22. The molecule has 0 aromatic carbocycles. The van der Waals surface area contributed by atoms with Crippen LogP contribution in [0.3, 0.4) is 0 Å². The van der Waals surface area contributed by atoms with E-state index in [1.54, 1.807) is 6.20 Å². The summed E-state index contributed by atoms with van der Waals surface area (Å²) in [7, 11) is 0. The molecule has 1 aliphatic heterocycles. The lowest BCUT2D eigenvalue weighted by molar-refractivity contribution is -0.120. The second-order valence-electron chi connectivity index (χ2n) is 5.61. The van der Waals surface area contributed by atoms with Gasteiger partial charge in [-0.2, -0.15) is 5.10 Å². The predicted molar refractivity (Wildman–Crippen MR) is 74.0 cm³/mol. The van der Waals surface area contributed by atoms with Crippen LogP contribution in [0.1, 0.15) is 44.6 Å². The van der Waals surface area contributed by atoms with E-state index in [4.69, 9.17) is 0 Å². The predicted octanol–water partition coefficient (Wildman–Crippen LogP) is 1.94. The van der Waals surface area contributed by atoms with Crippen molar-refractivity contribution >= 4 is 11.7 Å². The van der Waals surface area contributed by atoms with Crippen molar-refractivity contribution in [2.24, 2.45) is 5.92 Å². The number of hydrogen-bond donors (Lipinski definition) is 2. The smallest absolute Gasteiger partial charge is 0.228 e. The first-order valence-electron chi connectivity index (χ1n) is 7.39. The summed E-state index contributed by atoms with van der Waals surface area (Å²) in [4.78, 5) is 12.3. The molecule has 104 valence electrons. The molecule has 5 nitrogen and oxygen atoms in total. The number of anilines is 1. The van der Waals surface area contributed by atoms with Crippen LogP contribution < -0.4 is 10.6 Å². The SMILES string of the molecule is O=C(Nc1ccnn1C1CCCC1)C1CCNCC1. The van der Waals surface area contributed by atoms with Crippen LogP contribution in [0.4, 0.5) is 5.82 Å². The van der Waals surface area contributed by atoms with Gasteiger partial charge in [-0.05, 0) is 38.8 Å². The van der Waals surface area contributed by atoms with Crippen LogP contribution in [-0.4, -0.2) is 28.8 Å². The van der Waals surface area contributed by atoms with E-state index in [1.807, 2.05) is 10.7 Å². The van der Waals surface area contributed by atoms with Crippen molar-refractivity contribution in [2.75, 3.05) is 18.4 Å². The van der Waals surface area contributed by atoms with Crippen molar-refractivity contribution in [3.63, 3.8) is 0 Å². The molecule has 1 saturated heterocycles. The van der Waals surface area contributed by atoms with E-state index in [2.05, 4.69) is 15.7 Å². The van der Waals surface area contributed by atoms with Crippen molar-refractivity contribution in [3.05, 3.63) is 12.3 Å². The molecule has 1 aliphatic carbocycles. The molecule has 0 bridgehead atoms. The Bertz CT molecular complexity index is 430. The number of carbonyl (C=O) groups is 1. The first-order chi connectivity index (χ1) is 9.34. The number of carbonyl (C=O) groups excluding carboxylic acids is 1. The molecule has 19 heavy (non-hydrogen) atoms. The average molecular weight is 262 g/mol. The van der Waals surface area contributed by atoms with Gasteiger partial charge in [-0.3, -0.25) is 4.79 Å². The summed E-state index contributed by atoms with van der Waals surface area (Å²) in [6, 6.07) is 2.38. The highest BCUT2D eigenvalue weighted by Gasteiger charge is 2.24. The topological polar surface area (TPSA) is 59.0 Å². The van der Waals surface area contributed by atoms with Gasteiger partial charge in [0.2, 0.25) is 5.91 Å². The summed E-state index contributed by atoms with van der Waals surface area (Å²) in [6.45, 7) is 1.89. The zero-order valence-corrected chi connectivity index (χ0v) is 11.3. The Hall–Kier alpha value is -1.36. The van der Waals surface area contributed by atoms with Crippen LogP contribution in [0.5, 0.6) is 0 Å². The van der Waals surface area contributed by atoms with Crippen molar-refractivity contribution in [1.82, 2.24) is 15.1 Å². The molecule has 5 heteroatoms. The van der Waals surface area contributed by atoms with Gasteiger partial charge in [0, 0.05) is 12.0 Å². The van der Waals surface area contributed by atoms with Crippen molar-refractivity contribution in [2.45, 2.75) is 44.6 Å². The maximum absolute atomic E-state index is 12.3. The lowest BCUT2D eigenvalue weighted by Crippen LogP contribution is -2.35. The van der Waals surface area contributed by atoms with E-state index in [9.17, 15) is 4.79 Å². The van der Waals surface area contributed by atoms with Gasteiger partial charge in [0.25, 0.3) is 0 Å². The van der Waals surface area contributed by atoms with Gasteiger partial charge in [0.1, 0.15) is 5.82 Å². The molecule has 0 spiro atoms. The standard InChI is InChI=1S/C14H22N4O/c19-14(11-5-8-15-9-6-11)17-13-7-10-16-18(13)12-3-1-2-4-12/h7,10-12,15H,1-6,8-9H2,(H,17,19). The Kier molecular flexibility index (Phi) is 3.82. The van der Waals surface area contributed by atoms with Crippen LogP contribution >= 0.6 is 0 Å². The first-order valence-corrected chi connectivity index (χ1v) is 7.39. The quantitative estimate of drug-likeness (QED) is 0.875. The zero-order chi connectivity index (χ0) is 13.1. The van der Waals surface area contributed by atoms with Crippen molar-refractivity contribution in [3.8, 4) is 0 Å².